The lowest BCUT2D eigenvalue weighted by Gasteiger charge is -2.05. The van der Waals surface area contributed by atoms with Gasteiger partial charge in [0, 0.05) is 12.8 Å². The number of ketones is 1. The molecule has 3 heteroatoms. The smallest absolute Gasteiger partial charge is 0.217 e. The number of nitrogens with one attached hydrogen (secondary N) is 1. The number of hydrogen-bond donors (Lipinski definition) is 1. The van der Waals surface area contributed by atoms with Crippen LogP contribution in [0.5, 0.6) is 0 Å². The van der Waals surface area contributed by atoms with E-state index in [1.54, 1.807) is 0 Å². The molecule has 0 saturated heterocycles. The number of rotatable bonds is 3. The highest BCUT2D eigenvalue weighted by molar-refractivity contribution is 5.86. The molecule has 0 atom stereocenters. The normalized spacial score (nSPS) is 15.0. The molecule has 0 aromatic carbocycles. The van der Waals surface area contributed by atoms with Crippen molar-refractivity contribution >= 4 is 11.7 Å². The molecule has 16 heavy (non-hydrogen) atoms. The Balaban J connectivity index is 0.000000315. The van der Waals surface area contributed by atoms with Crippen molar-refractivity contribution in [2.45, 2.75) is 59.3 Å². The van der Waals surface area contributed by atoms with E-state index >= 15 is 0 Å². The van der Waals surface area contributed by atoms with Crippen LogP contribution in [0.2, 0.25) is 0 Å². The van der Waals surface area contributed by atoms with Crippen LogP contribution in [0.15, 0.2) is 0 Å². The number of carbonyl (C=O) groups excluding carboxylic acids is 2. The first-order chi connectivity index (χ1) is 7.54. The monoisotopic (exact) mass is 227 g/mol. The van der Waals surface area contributed by atoms with Crippen molar-refractivity contribution in [2.75, 3.05) is 6.54 Å². The van der Waals surface area contributed by atoms with Crippen LogP contribution < -0.4 is 5.32 Å². The molecule has 1 aliphatic rings. The lowest BCUT2D eigenvalue weighted by Crippen LogP contribution is -2.29. The molecule has 0 aromatic rings. The van der Waals surface area contributed by atoms with Gasteiger partial charge in [-0.15, -0.1) is 0 Å². The van der Waals surface area contributed by atoms with Crippen LogP contribution >= 0.6 is 0 Å². The van der Waals surface area contributed by atoms with Crippen LogP contribution in [0.4, 0.5) is 0 Å². The molecule has 0 radical (unpaired) electrons. The Morgan fingerprint density at radius 1 is 1.00 bits per heavy atom. The molecule has 1 aliphatic carbocycles. The summed E-state index contributed by atoms with van der Waals surface area (Å²) in [7, 11) is 0. The summed E-state index contributed by atoms with van der Waals surface area (Å²) in [4.78, 5) is 21.1. The molecule has 1 saturated carbocycles. The highest BCUT2D eigenvalue weighted by Gasteiger charge is 2.06. The first-order valence-electron chi connectivity index (χ1n) is 6.31. The molecule has 3 nitrogen and oxygen atoms in total. The molecule has 0 aromatic heterocycles. The van der Waals surface area contributed by atoms with E-state index in [-0.39, 0.29) is 24.2 Å². The van der Waals surface area contributed by atoms with Gasteiger partial charge in [-0.3, -0.25) is 9.59 Å². The average molecular weight is 227 g/mol. The summed E-state index contributed by atoms with van der Waals surface area (Å²) >= 11 is 0. The summed E-state index contributed by atoms with van der Waals surface area (Å²) in [6, 6.07) is 0. The fourth-order valence-corrected chi connectivity index (χ4v) is 1.48. The minimum Gasteiger partial charge on any atom is -0.349 e. The molecule has 0 bridgehead atoms. The zero-order valence-electron chi connectivity index (χ0n) is 10.8. The summed E-state index contributed by atoms with van der Waals surface area (Å²) in [5.74, 6) is -0.0870. The quantitative estimate of drug-likeness (QED) is 0.805. The van der Waals surface area contributed by atoms with E-state index in [4.69, 9.17) is 0 Å². The second-order valence-electron chi connectivity index (χ2n) is 4.65. The number of Topliss-reactive ketones (excluding diaryl/α,β-unsaturated/α-hetero) is 1. The molecule has 0 spiro atoms. The fraction of sp³-hybridized carbons (Fsp3) is 0.846. The molecule has 1 rings (SSSR count). The van der Waals surface area contributed by atoms with Gasteiger partial charge in [-0.25, -0.2) is 0 Å². The first-order valence-corrected chi connectivity index (χ1v) is 6.31. The summed E-state index contributed by atoms with van der Waals surface area (Å²) in [6.07, 6.45) is 9.00. The summed E-state index contributed by atoms with van der Waals surface area (Å²) < 4.78 is 0. The zero-order chi connectivity index (χ0) is 12.4. The predicted molar refractivity (Wildman–Crippen MR) is 66.2 cm³/mol. The van der Waals surface area contributed by atoms with Crippen molar-refractivity contribution in [1.29, 1.82) is 0 Å². The van der Waals surface area contributed by atoms with Crippen LogP contribution in [0.3, 0.4) is 0 Å². The number of carbonyl (C=O) groups is 2. The van der Waals surface area contributed by atoms with E-state index in [2.05, 4.69) is 5.32 Å². The van der Waals surface area contributed by atoms with E-state index in [9.17, 15) is 9.59 Å². The van der Waals surface area contributed by atoms with Crippen molar-refractivity contribution in [3.63, 3.8) is 0 Å². The molecule has 0 heterocycles. The molecule has 0 aliphatic heterocycles. The van der Waals surface area contributed by atoms with Gasteiger partial charge in [0.2, 0.25) is 5.91 Å². The van der Waals surface area contributed by atoms with Crippen molar-refractivity contribution in [3.05, 3.63) is 0 Å². The van der Waals surface area contributed by atoms with Crippen molar-refractivity contribution in [1.82, 2.24) is 5.32 Å². The lowest BCUT2D eigenvalue weighted by molar-refractivity contribution is -0.125. The van der Waals surface area contributed by atoms with Crippen LogP contribution in [0, 0.1) is 5.92 Å². The topological polar surface area (TPSA) is 46.2 Å². The van der Waals surface area contributed by atoms with Gasteiger partial charge in [0.15, 0.2) is 5.78 Å². The third kappa shape index (κ3) is 9.69. The Morgan fingerprint density at radius 3 is 1.62 bits per heavy atom. The van der Waals surface area contributed by atoms with E-state index in [1.807, 2.05) is 13.8 Å². The van der Waals surface area contributed by atoms with E-state index in [0.29, 0.717) is 0 Å². The standard InChI is InChI=1S/C7H13NO2.C6H12/c1-5(2)7(10)4-8-6(3)9;1-2-4-6-5-3-1/h5H,4H2,1-3H3,(H,8,9);1-6H2. The Hall–Kier alpha value is -0.860. The van der Waals surface area contributed by atoms with Gasteiger partial charge in [0.1, 0.15) is 0 Å². The SMILES string of the molecule is C1CCCCC1.CC(=O)NCC(=O)C(C)C. The minimum atomic E-state index is -0.158. The van der Waals surface area contributed by atoms with E-state index in [0.717, 1.165) is 0 Å². The average Bonchev–Trinajstić information content (AvgIpc) is 2.28. The highest BCUT2D eigenvalue weighted by atomic mass is 16.2. The molecular formula is C13H25NO2. The molecule has 1 fully saturated rings. The number of amides is 1. The van der Waals surface area contributed by atoms with Crippen molar-refractivity contribution < 1.29 is 9.59 Å². The molecule has 1 N–H and O–H groups in total. The van der Waals surface area contributed by atoms with Crippen LogP contribution in [-0.2, 0) is 9.59 Å². The Kier molecular flexibility index (Phi) is 8.87. The van der Waals surface area contributed by atoms with E-state index < -0.39 is 0 Å². The molecular weight excluding hydrogens is 202 g/mol. The van der Waals surface area contributed by atoms with Gasteiger partial charge in [0.25, 0.3) is 0 Å². The minimum absolute atomic E-state index is 0.00634. The number of hydrogen-bond acceptors (Lipinski definition) is 2. The Bertz CT molecular complexity index is 196. The van der Waals surface area contributed by atoms with Crippen molar-refractivity contribution in [2.24, 2.45) is 5.92 Å². The van der Waals surface area contributed by atoms with Crippen molar-refractivity contribution in [3.8, 4) is 0 Å². The molecule has 0 unspecified atom stereocenters. The van der Waals surface area contributed by atoms with E-state index in [1.165, 1.54) is 45.4 Å². The first kappa shape index (κ1) is 15.1. The predicted octanol–water partition coefficient (Wildman–Crippen LogP) is 2.69. The van der Waals surface area contributed by atoms with Gasteiger partial charge in [-0.05, 0) is 0 Å². The maximum absolute atomic E-state index is 10.8. The second kappa shape index (κ2) is 9.37. The maximum Gasteiger partial charge on any atom is 0.217 e. The molecule has 1 amide bonds. The van der Waals surface area contributed by atoms with Crippen LogP contribution in [0.1, 0.15) is 59.3 Å². The maximum atomic E-state index is 10.8. The van der Waals surface area contributed by atoms with Gasteiger partial charge in [-0.2, -0.15) is 0 Å². The second-order valence-corrected chi connectivity index (χ2v) is 4.65. The largest absolute Gasteiger partial charge is 0.349 e. The Labute approximate surface area is 99.0 Å². The summed E-state index contributed by atoms with van der Waals surface area (Å²) in [5.41, 5.74) is 0. The van der Waals surface area contributed by atoms with Gasteiger partial charge < -0.3 is 5.32 Å². The fourth-order valence-electron chi connectivity index (χ4n) is 1.48. The lowest BCUT2D eigenvalue weighted by atomic mass is 10.0. The summed E-state index contributed by atoms with van der Waals surface area (Å²) in [6.45, 7) is 5.18. The van der Waals surface area contributed by atoms with Gasteiger partial charge in [0.05, 0.1) is 6.54 Å². The van der Waals surface area contributed by atoms with Crippen LogP contribution in [-0.4, -0.2) is 18.2 Å². The zero-order valence-corrected chi connectivity index (χ0v) is 10.8. The van der Waals surface area contributed by atoms with Crippen LogP contribution in [0.25, 0.3) is 0 Å². The molecule has 94 valence electrons. The summed E-state index contributed by atoms with van der Waals surface area (Å²) in [5, 5.41) is 2.44. The van der Waals surface area contributed by atoms with Gasteiger partial charge >= 0.3 is 0 Å². The van der Waals surface area contributed by atoms with Gasteiger partial charge in [-0.1, -0.05) is 52.4 Å². The highest BCUT2D eigenvalue weighted by Crippen LogP contribution is 2.15. The Morgan fingerprint density at radius 2 is 1.38 bits per heavy atom. The third-order valence-corrected chi connectivity index (χ3v) is 2.66. The third-order valence-electron chi connectivity index (χ3n) is 2.66.